The van der Waals surface area contributed by atoms with Crippen molar-refractivity contribution in [2.75, 3.05) is 7.05 Å². The maximum atomic E-state index is 4.91. The van der Waals surface area contributed by atoms with Crippen molar-refractivity contribution >= 4 is 17.3 Å². The molecule has 0 radical (unpaired) electrons. The number of nitrogens with two attached hydrogens (primary N) is 1. The second-order valence-electron chi connectivity index (χ2n) is 0.614. The summed E-state index contributed by atoms with van der Waals surface area (Å²) < 4.78 is 0. The average Bonchev–Trinajstić information content (AvgIpc) is 1.38. The van der Waals surface area contributed by atoms with Gasteiger partial charge in [-0.25, -0.2) is 0 Å². The first kappa shape index (κ1) is 9.85. The summed E-state index contributed by atoms with van der Waals surface area (Å²) in [4.78, 5) is 0. The molecule has 0 aromatic carbocycles. The van der Waals surface area contributed by atoms with Crippen LogP contribution < -0.4 is 40.6 Å². The van der Waals surface area contributed by atoms with E-state index in [0.29, 0.717) is 5.11 Å². The Hall–Kier alpha value is 0.690. The van der Waals surface area contributed by atoms with Crippen molar-refractivity contribution in [3.8, 4) is 0 Å². The predicted molar refractivity (Wildman–Crippen MR) is 27.0 cm³/mol. The minimum absolute atomic E-state index is 0. The van der Waals surface area contributed by atoms with Crippen LogP contribution in [-0.4, -0.2) is 12.2 Å². The number of nitrogens with one attached hydrogen (secondary N) is 1. The van der Waals surface area contributed by atoms with Gasteiger partial charge in [0.15, 0.2) is 5.11 Å². The van der Waals surface area contributed by atoms with Crippen LogP contribution in [0.25, 0.3) is 0 Å². The molecule has 0 unspecified atom stereocenters. The molecule has 0 rings (SSSR count). The van der Waals surface area contributed by atoms with Crippen molar-refractivity contribution in [3.63, 3.8) is 0 Å². The molecule has 0 aromatic heterocycles. The summed E-state index contributed by atoms with van der Waals surface area (Å²) in [5, 5.41) is 2.88. The van der Waals surface area contributed by atoms with Gasteiger partial charge in [-0.2, -0.15) is 0 Å². The molecular weight excluding hydrogens is 107 g/mol. The van der Waals surface area contributed by atoms with E-state index in [9.17, 15) is 0 Å². The molecule has 2 nitrogen and oxygen atoms in total. The predicted octanol–water partition coefficient (Wildman–Crippen LogP) is -3.43. The summed E-state index contributed by atoms with van der Waals surface area (Å²) in [6, 6.07) is 0. The van der Waals surface area contributed by atoms with Crippen LogP contribution in [0.15, 0.2) is 0 Å². The Kier molecular flexibility index (Phi) is 9.34. The fourth-order valence-electron chi connectivity index (χ4n) is 0. The van der Waals surface area contributed by atoms with Gasteiger partial charge in [0, 0.05) is 7.05 Å². The topological polar surface area (TPSA) is 38.0 Å². The molecule has 0 atom stereocenters. The van der Waals surface area contributed by atoms with Crippen LogP contribution in [-0.2, 0) is 0 Å². The maximum Gasteiger partial charge on any atom is 1.00 e. The van der Waals surface area contributed by atoms with E-state index in [-0.39, 0.29) is 31.0 Å². The van der Waals surface area contributed by atoms with Crippen molar-refractivity contribution in [1.82, 2.24) is 5.32 Å². The van der Waals surface area contributed by atoms with E-state index in [4.69, 9.17) is 5.73 Å². The zero-order valence-electron chi connectivity index (χ0n) is 4.99. The summed E-state index contributed by atoms with van der Waals surface area (Å²) in [5.41, 5.74) is 4.91. The summed E-state index contributed by atoms with van der Waals surface area (Å²) in [6.45, 7) is 0. The quantitative estimate of drug-likeness (QED) is 0.254. The Morgan fingerprint density at radius 3 is 2.17 bits per heavy atom. The Balaban J connectivity index is -0.0000000800. The SMILES string of the molecule is CNC(N)=S.[H-].[Na+]. The summed E-state index contributed by atoms with van der Waals surface area (Å²) in [7, 11) is 1.68. The Morgan fingerprint density at radius 2 is 2.17 bits per heavy atom. The summed E-state index contributed by atoms with van der Waals surface area (Å²) >= 11 is 4.36. The van der Waals surface area contributed by atoms with E-state index in [1.807, 2.05) is 0 Å². The van der Waals surface area contributed by atoms with E-state index in [1.165, 1.54) is 0 Å². The van der Waals surface area contributed by atoms with Crippen LogP contribution in [0.1, 0.15) is 1.43 Å². The zero-order chi connectivity index (χ0) is 4.28. The van der Waals surface area contributed by atoms with Gasteiger partial charge in [0.1, 0.15) is 0 Å². The molecule has 0 aliphatic rings. The first-order valence-corrected chi connectivity index (χ1v) is 1.65. The third kappa shape index (κ3) is 8.83. The number of thiocarbonyl (C=S) groups is 1. The van der Waals surface area contributed by atoms with Crippen molar-refractivity contribution in [1.29, 1.82) is 0 Å². The summed E-state index contributed by atoms with van der Waals surface area (Å²) in [6.07, 6.45) is 0. The molecule has 0 bridgehead atoms. The molecule has 0 fully saturated rings. The largest absolute Gasteiger partial charge is 1.00 e. The standard InChI is InChI=1S/C2H6N2S.Na.H/c1-4-2(3)5;;/h1H3,(H3,3,4,5);;/q;+1;-1. The Bertz CT molecular complexity index is 51.0. The average molecular weight is 114 g/mol. The van der Waals surface area contributed by atoms with Gasteiger partial charge in [-0.15, -0.1) is 0 Å². The van der Waals surface area contributed by atoms with Crippen molar-refractivity contribution in [2.24, 2.45) is 5.73 Å². The molecule has 0 spiro atoms. The molecule has 0 saturated heterocycles. The fourth-order valence-corrected chi connectivity index (χ4v) is 0. The molecule has 0 amide bonds. The van der Waals surface area contributed by atoms with Crippen LogP contribution in [0.5, 0.6) is 0 Å². The minimum Gasteiger partial charge on any atom is -1.00 e. The van der Waals surface area contributed by atoms with Gasteiger partial charge in [-0.1, -0.05) is 0 Å². The van der Waals surface area contributed by atoms with Gasteiger partial charge in [0.25, 0.3) is 0 Å². The second kappa shape index (κ2) is 5.69. The van der Waals surface area contributed by atoms with Crippen molar-refractivity contribution in [3.05, 3.63) is 0 Å². The number of rotatable bonds is 0. The Labute approximate surface area is 66.3 Å². The van der Waals surface area contributed by atoms with Crippen LogP contribution in [0.3, 0.4) is 0 Å². The normalized spacial score (nSPS) is 5.50. The van der Waals surface area contributed by atoms with Crippen LogP contribution in [0.4, 0.5) is 0 Å². The fraction of sp³-hybridized carbons (Fsp3) is 0.500. The molecule has 4 heteroatoms. The number of hydrogen-bond donors (Lipinski definition) is 2. The van der Waals surface area contributed by atoms with E-state index in [0.717, 1.165) is 0 Å². The van der Waals surface area contributed by atoms with Gasteiger partial charge in [0.2, 0.25) is 0 Å². The van der Waals surface area contributed by atoms with Gasteiger partial charge in [-0.05, 0) is 12.2 Å². The third-order valence-electron chi connectivity index (χ3n) is 0.246. The van der Waals surface area contributed by atoms with E-state index in [2.05, 4.69) is 17.5 Å². The molecule has 0 saturated carbocycles. The maximum absolute atomic E-state index is 4.91. The molecule has 6 heavy (non-hydrogen) atoms. The van der Waals surface area contributed by atoms with Gasteiger partial charge < -0.3 is 12.5 Å². The van der Waals surface area contributed by atoms with Crippen LogP contribution in [0.2, 0.25) is 0 Å². The van der Waals surface area contributed by atoms with E-state index < -0.39 is 0 Å². The molecule has 3 N–H and O–H groups in total. The molecular formula is C2H7N2NaS. The minimum atomic E-state index is 0. The van der Waals surface area contributed by atoms with Gasteiger partial charge in [0.05, 0.1) is 0 Å². The van der Waals surface area contributed by atoms with Crippen LogP contribution in [0, 0.1) is 0 Å². The first-order chi connectivity index (χ1) is 2.27. The van der Waals surface area contributed by atoms with Crippen molar-refractivity contribution < 1.29 is 31.0 Å². The van der Waals surface area contributed by atoms with Gasteiger partial charge in [-0.3, -0.25) is 0 Å². The molecule has 0 aliphatic heterocycles. The van der Waals surface area contributed by atoms with Crippen LogP contribution >= 0.6 is 12.2 Å². The Morgan fingerprint density at radius 1 is 2.00 bits per heavy atom. The van der Waals surface area contributed by atoms with Gasteiger partial charge >= 0.3 is 29.6 Å². The smallest absolute Gasteiger partial charge is 1.00 e. The second-order valence-corrected chi connectivity index (χ2v) is 1.05. The number of hydrogen-bond acceptors (Lipinski definition) is 1. The van der Waals surface area contributed by atoms with E-state index >= 15 is 0 Å². The van der Waals surface area contributed by atoms with Crippen molar-refractivity contribution in [2.45, 2.75) is 0 Å². The third-order valence-corrected chi connectivity index (χ3v) is 0.451. The zero-order valence-corrected chi connectivity index (χ0v) is 6.80. The monoisotopic (exact) mass is 114 g/mol. The summed E-state index contributed by atoms with van der Waals surface area (Å²) in [5.74, 6) is 0. The molecule has 32 valence electrons. The van der Waals surface area contributed by atoms with E-state index in [1.54, 1.807) is 7.05 Å². The molecule has 0 aromatic rings. The molecule has 0 aliphatic carbocycles. The molecule has 0 heterocycles. The first-order valence-electron chi connectivity index (χ1n) is 1.24.